The van der Waals surface area contributed by atoms with Gasteiger partial charge in [0.05, 0.1) is 4.90 Å². The van der Waals surface area contributed by atoms with E-state index in [0.717, 1.165) is 5.56 Å². The monoisotopic (exact) mass is 263 g/mol. The molecule has 88 valence electrons. The average Bonchev–Trinajstić information content (AvgIpc) is 2.19. The number of nitrogens with one attached hydrogen (secondary N) is 1. The number of halogens is 1. The summed E-state index contributed by atoms with van der Waals surface area (Å²) in [6.45, 7) is 1.08. The van der Waals surface area contributed by atoms with E-state index >= 15 is 0 Å². The minimum atomic E-state index is -3.81. The SMILES string of the molecule is Cc1ccc(S(=O)(=O)NCC(=O)O)cc1Cl. The van der Waals surface area contributed by atoms with Crippen molar-refractivity contribution < 1.29 is 18.3 Å². The van der Waals surface area contributed by atoms with Crippen LogP contribution >= 0.6 is 11.6 Å². The van der Waals surface area contributed by atoms with Crippen molar-refractivity contribution in [2.45, 2.75) is 11.8 Å². The van der Waals surface area contributed by atoms with Gasteiger partial charge in [0.1, 0.15) is 6.54 Å². The van der Waals surface area contributed by atoms with Gasteiger partial charge in [-0.1, -0.05) is 17.7 Å². The molecule has 0 saturated heterocycles. The van der Waals surface area contributed by atoms with Crippen LogP contribution in [0.3, 0.4) is 0 Å². The molecule has 0 aromatic heterocycles. The lowest BCUT2D eigenvalue weighted by molar-refractivity contribution is -0.135. The highest BCUT2D eigenvalue weighted by Gasteiger charge is 2.15. The average molecular weight is 264 g/mol. The van der Waals surface area contributed by atoms with Gasteiger partial charge in [-0.2, -0.15) is 4.72 Å². The third-order valence-electron chi connectivity index (χ3n) is 1.87. The standard InChI is InChI=1S/C9H10ClNO4S/c1-6-2-3-7(4-8(6)10)16(14,15)11-5-9(12)13/h2-4,11H,5H2,1H3,(H,12,13). The van der Waals surface area contributed by atoms with Gasteiger partial charge < -0.3 is 5.11 Å². The number of aryl methyl sites for hydroxylation is 1. The molecule has 0 spiro atoms. The molecule has 0 radical (unpaired) electrons. The second kappa shape index (κ2) is 4.82. The summed E-state index contributed by atoms with van der Waals surface area (Å²) in [5.74, 6) is -1.25. The molecule has 16 heavy (non-hydrogen) atoms. The van der Waals surface area contributed by atoms with Gasteiger partial charge in [-0.3, -0.25) is 4.79 Å². The molecule has 1 aromatic carbocycles. The Kier molecular flexibility index (Phi) is 3.90. The third-order valence-corrected chi connectivity index (χ3v) is 3.67. The van der Waals surface area contributed by atoms with E-state index in [2.05, 4.69) is 0 Å². The van der Waals surface area contributed by atoms with Gasteiger partial charge in [0.25, 0.3) is 0 Å². The van der Waals surface area contributed by atoms with E-state index in [1.165, 1.54) is 12.1 Å². The Balaban J connectivity index is 2.99. The Labute approximate surface area is 98.1 Å². The number of benzene rings is 1. The van der Waals surface area contributed by atoms with Crippen LogP contribution in [-0.2, 0) is 14.8 Å². The van der Waals surface area contributed by atoms with Gasteiger partial charge >= 0.3 is 5.97 Å². The Morgan fingerprint density at radius 1 is 1.50 bits per heavy atom. The summed E-state index contributed by atoms with van der Waals surface area (Å²) in [4.78, 5) is 10.2. The number of hydrogen-bond acceptors (Lipinski definition) is 3. The van der Waals surface area contributed by atoms with Crippen molar-refractivity contribution in [3.63, 3.8) is 0 Å². The summed E-state index contributed by atoms with van der Waals surface area (Å²) in [6, 6.07) is 4.20. The van der Waals surface area contributed by atoms with Crippen molar-refractivity contribution in [2.75, 3.05) is 6.54 Å². The van der Waals surface area contributed by atoms with E-state index in [9.17, 15) is 13.2 Å². The summed E-state index contributed by atoms with van der Waals surface area (Å²) < 4.78 is 25.1. The molecule has 0 aliphatic rings. The fraction of sp³-hybridized carbons (Fsp3) is 0.222. The molecule has 0 atom stereocenters. The van der Waals surface area contributed by atoms with Crippen molar-refractivity contribution in [3.8, 4) is 0 Å². The largest absolute Gasteiger partial charge is 0.480 e. The fourth-order valence-electron chi connectivity index (χ4n) is 0.981. The lowest BCUT2D eigenvalue weighted by atomic mass is 10.2. The zero-order valence-electron chi connectivity index (χ0n) is 8.40. The van der Waals surface area contributed by atoms with Gasteiger partial charge in [-0.15, -0.1) is 0 Å². The molecular formula is C9H10ClNO4S. The Morgan fingerprint density at radius 3 is 2.62 bits per heavy atom. The molecule has 0 amide bonds. The summed E-state index contributed by atoms with van der Waals surface area (Å²) in [7, 11) is -3.81. The molecule has 1 aromatic rings. The number of sulfonamides is 1. The van der Waals surface area contributed by atoms with Crippen molar-refractivity contribution in [3.05, 3.63) is 28.8 Å². The van der Waals surface area contributed by atoms with E-state index in [4.69, 9.17) is 16.7 Å². The van der Waals surface area contributed by atoms with Crippen LogP contribution in [0.15, 0.2) is 23.1 Å². The normalized spacial score (nSPS) is 11.4. The molecule has 0 aliphatic carbocycles. The number of carbonyl (C=O) groups is 1. The molecule has 7 heteroatoms. The van der Waals surface area contributed by atoms with Gasteiger partial charge in [0.15, 0.2) is 0 Å². The Bertz CT molecular complexity index is 512. The van der Waals surface area contributed by atoms with Gasteiger partial charge in [0.2, 0.25) is 10.0 Å². The van der Waals surface area contributed by atoms with Gasteiger partial charge in [-0.05, 0) is 24.6 Å². The number of hydrogen-bond donors (Lipinski definition) is 2. The molecule has 1 rings (SSSR count). The maximum atomic E-state index is 11.6. The summed E-state index contributed by atoms with van der Waals surface area (Å²) in [6.07, 6.45) is 0. The summed E-state index contributed by atoms with van der Waals surface area (Å²) in [5.41, 5.74) is 0.749. The van der Waals surface area contributed by atoms with Gasteiger partial charge in [-0.25, -0.2) is 8.42 Å². The van der Waals surface area contributed by atoms with Crippen molar-refractivity contribution in [1.29, 1.82) is 0 Å². The van der Waals surface area contributed by atoms with Crippen LogP contribution in [0.2, 0.25) is 5.02 Å². The van der Waals surface area contributed by atoms with Crippen LogP contribution in [0.4, 0.5) is 0 Å². The predicted octanol–water partition coefficient (Wildman–Crippen LogP) is 1.01. The minimum absolute atomic E-state index is 0.0515. The minimum Gasteiger partial charge on any atom is -0.480 e. The van der Waals surface area contributed by atoms with Crippen molar-refractivity contribution in [2.24, 2.45) is 0 Å². The maximum Gasteiger partial charge on any atom is 0.318 e. The molecule has 0 heterocycles. The first-order valence-electron chi connectivity index (χ1n) is 4.30. The molecule has 0 unspecified atom stereocenters. The highest BCUT2D eigenvalue weighted by Crippen LogP contribution is 2.19. The number of rotatable bonds is 4. The Morgan fingerprint density at radius 2 is 2.12 bits per heavy atom. The third kappa shape index (κ3) is 3.19. The van der Waals surface area contributed by atoms with E-state index in [1.807, 2.05) is 4.72 Å². The molecule has 2 N–H and O–H groups in total. The number of carboxylic acid groups (broad SMARTS) is 1. The van der Waals surface area contributed by atoms with E-state index in [0.29, 0.717) is 5.02 Å². The van der Waals surface area contributed by atoms with Crippen LogP contribution in [0.25, 0.3) is 0 Å². The zero-order chi connectivity index (χ0) is 12.3. The first-order chi connectivity index (χ1) is 7.33. The quantitative estimate of drug-likeness (QED) is 0.849. The van der Waals surface area contributed by atoms with Crippen LogP contribution < -0.4 is 4.72 Å². The van der Waals surface area contributed by atoms with Crippen LogP contribution in [0.5, 0.6) is 0 Å². The molecule has 5 nitrogen and oxygen atoms in total. The molecule has 0 aliphatic heterocycles. The van der Waals surface area contributed by atoms with Crippen LogP contribution in [0.1, 0.15) is 5.56 Å². The number of carboxylic acids is 1. The lowest BCUT2D eigenvalue weighted by Gasteiger charge is -2.06. The second-order valence-electron chi connectivity index (χ2n) is 3.13. The van der Waals surface area contributed by atoms with Crippen molar-refractivity contribution in [1.82, 2.24) is 4.72 Å². The molecule has 0 fully saturated rings. The summed E-state index contributed by atoms with van der Waals surface area (Å²) in [5, 5.41) is 8.69. The topological polar surface area (TPSA) is 83.5 Å². The fourth-order valence-corrected chi connectivity index (χ4v) is 2.23. The van der Waals surface area contributed by atoms with E-state index < -0.39 is 22.5 Å². The van der Waals surface area contributed by atoms with Crippen molar-refractivity contribution >= 4 is 27.6 Å². The Hall–Kier alpha value is -1.11. The van der Waals surface area contributed by atoms with E-state index in [1.54, 1.807) is 13.0 Å². The number of aliphatic carboxylic acids is 1. The molecule has 0 saturated carbocycles. The molecule has 0 bridgehead atoms. The van der Waals surface area contributed by atoms with E-state index in [-0.39, 0.29) is 4.90 Å². The second-order valence-corrected chi connectivity index (χ2v) is 5.30. The van der Waals surface area contributed by atoms with Crippen LogP contribution in [0, 0.1) is 6.92 Å². The first-order valence-corrected chi connectivity index (χ1v) is 6.16. The predicted molar refractivity (Wildman–Crippen MR) is 59.0 cm³/mol. The maximum absolute atomic E-state index is 11.6. The smallest absolute Gasteiger partial charge is 0.318 e. The summed E-state index contributed by atoms with van der Waals surface area (Å²) >= 11 is 5.77. The highest BCUT2D eigenvalue weighted by molar-refractivity contribution is 7.89. The van der Waals surface area contributed by atoms with Gasteiger partial charge in [0, 0.05) is 5.02 Å². The first kappa shape index (κ1) is 13.0. The highest BCUT2D eigenvalue weighted by atomic mass is 35.5. The van der Waals surface area contributed by atoms with Crippen LogP contribution in [-0.4, -0.2) is 26.0 Å². The zero-order valence-corrected chi connectivity index (χ0v) is 9.97. The lowest BCUT2D eigenvalue weighted by Crippen LogP contribution is -2.29. The molecular weight excluding hydrogens is 254 g/mol.